The zero-order valence-corrected chi connectivity index (χ0v) is 26.6. The lowest BCUT2D eigenvalue weighted by atomic mass is 9.95. The van der Waals surface area contributed by atoms with Gasteiger partial charge in [0.25, 0.3) is 0 Å². The van der Waals surface area contributed by atoms with E-state index in [-0.39, 0.29) is 12.8 Å². The Morgan fingerprint density at radius 3 is 2.18 bits per heavy atom. The maximum Gasteiger partial charge on any atom is 0.342 e. The standard InChI is InChI=1S/C27H37N6O11P/c1-7-20(34)42-23-22(19-10-9-18-17(29)11-12-30-33(18)19)44-27(13-28,24(23)43-21(35)8-2)14-41-45(38,31-15(3)25(36)39-5)32-16(4)26(37)40-6/h9-12,15-16,22-24H,7-8,14,29H2,1-6H3,(H2,31,32,38)/t15-,16-,22-,23-,24-,27+/m0/s1. The number of methoxy groups -OCH3 is 2. The molecule has 0 amide bonds. The van der Waals surface area contributed by atoms with Crippen molar-refractivity contribution in [1.82, 2.24) is 19.8 Å². The predicted octanol–water partition coefficient (Wildman–Crippen LogP) is 1.32. The number of hydrogen-bond donors (Lipinski definition) is 3. The molecule has 0 unspecified atom stereocenters. The topological polar surface area (TPSA) is 232 Å². The SMILES string of the molecule is CCC(=O)O[C@H]1[C@H](c2ccc3c(N)ccnn23)O[C@](C#N)(COP(=O)(N[C@@H](C)C(=O)OC)N[C@@H](C)C(=O)OC)[C@H]1OC(=O)CC. The minimum atomic E-state index is -4.44. The molecule has 3 rings (SSSR count). The smallest absolute Gasteiger partial charge is 0.342 e. The summed E-state index contributed by atoms with van der Waals surface area (Å²) in [7, 11) is -2.20. The lowest BCUT2D eigenvalue weighted by Crippen LogP contribution is -2.50. The molecule has 1 aliphatic rings. The van der Waals surface area contributed by atoms with Gasteiger partial charge in [-0.05, 0) is 32.0 Å². The molecule has 0 spiro atoms. The molecule has 0 aliphatic carbocycles. The third kappa shape index (κ3) is 7.78. The van der Waals surface area contributed by atoms with E-state index < -0.39 is 74.2 Å². The van der Waals surface area contributed by atoms with Crippen LogP contribution < -0.4 is 15.9 Å². The average molecular weight is 653 g/mol. The second-order valence-corrected chi connectivity index (χ2v) is 11.9. The molecule has 3 heterocycles. The van der Waals surface area contributed by atoms with Crippen molar-refractivity contribution in [3.8, 4) is 6.07 Å². The average Bonchev–Trinajstić information content (AvgIpc) is 3.59. The maximum absolute atomic E-state index is 14.1. The van der Waals surface area contributed by atoms with Crippen LogP contribution in [-0.4, -0.2) is 84.2 Å². The molecular formula is C27H37N6O11P. The molecule has 2 aromatic heterocycles. The highest BCUT2D eigenvalue weighted by molar-refractivity contribution is 7.54. The Balaban J connectivity index is 2.12. The first-order chi connectivity index (χ1) is 21.3. The summed E-state index contributed by atoms with van der Waals surface area (Å²) in [6, 6.07) is 4.31. The van der Waals surface area contributed by atoms with Gasteiger partial charge in [-0.15, -0.1) is 0 Å². The summed E-state index contributed by atoms with van der Waals surface area (Å²) in [5.41, 5.74) is 4.99. The van der Waals surface area contributed by atoms with Gasteiger partial charge in [-0.1, -0.05) is 13.8 Å². The zero-order valence-electron chi connectivity index (χ0n) is 25.7. The van der Waals surface area contributed by atoms with Gasteiger partial charge in [-0.2, -0.15) is 10.4 Å². The number of fused-ring (bicyclic) bond motifs is 1. The zero-order chi connectivity index (χ0) is 33.5. The number of hydrogen-bond acceptors (Lipinski definition) is 14. The highest BCUT2D eigenvalue weighted by atomic mass is 31.2. The Kier molecular flexibility index (Phi) is 11.7. The normalized spacial score (nSPS) is 22.6. The number of aromatic nitrogens is 2. The monoisotopic (exact) mass is 652 g/mol. The first kappa shape index (κ1) is 35.4. The van der Waals surface area contributed by atoms with Crippen LogP contribution in [0.1, 0.15) is 52.3 Å². The van der Waals surface area contributed by atoms with E-state index in [2.05, 4.69) is 24.7 Å². The van der Waals surface area contributed by atoms with Gasteiger partial charge in [0.15, 0.2) is 12.2 Å². The number of rotatable bonds is 14. The fourth-order valence-corrected chi connectivity index (χ4v) is 6.37. The third-order valence-corrected chi connectivity index (χ3v) is 8.84. The lowest BCUT2D eigenvalue weighted by molar-refractivity contribution is -0.169. The maximum atomic E-state index is 14.1. The van der Waals surface area contributed by atoms with E-state index in [1.54, 1.807) is 25.1 Å². The summed E-state index contributed by atoms with van der Waals surface area (Å²) >= 11 is 0. The van der Waals surface area contributed by atoms with Gasteiger partial charge < -0.3 is 33.9 Å². The number of nitrogens with zero attached hydrogens (tertiary/aromatic N) is 3. The van der Waals surface area contributed by atoms with E-state index in [0.29, 0.717) is 16.9 Å². The Morgan fingerprint density at radius 1 is 1.07 bits per heavy atom. The summed E-state index contributed by atoms with van der Waals surface area (Å²) in [6.07, 6.45) is -3.01. The molecule has 0 saturated carbocycles. The van der Waals surface area contributed by atoms with Gasteiger partial charge in [0.05, 0.1) is 31.1 Å². The van der Waals surface area contributed by atoms with Gasteiger partial charge in [0, 0.05) is 19.0 Å². The highest BCUT2D eigenvalue weighted by Gasteiger charge is 2.62. The number of nitrogen functional groups attached to an aromatic ring is 1. The molecule has 0 aromatic carbocycles. The van der Waals surface area contributed by atoms with Crippen LogP contribution >= 0.6 is 7.67 Å². The molecule has 1 fully saturated rings. The van der Waals surface area contributed by atoms with Crippen LogP contribution in [0.4, 0.5) is 5.69 Å². The van der Waals surface area contributed by atoms with E-state index in [1.165, 1.54) is 31.5 Å². The van der Waals surface area contributed by atoms with Crippen LogP contribution in [-0.2, 0) is 52.0 Å². The lowest BCUT2D eigenvalue weighted by Gasteiger charge is -2.31. The first-order valence-electron chi connectivity index (χ1n) is 13.9. The Bertz CT molecular complexity index is 1480. The van der Waals surface area contributed by atoms with E-state index >= 15 is 0 Å². The number of carbonyl (C=O) groups is 4. The molecule has 2 aromatic rings. The fourth-order valence-electron chi connectivity index (χ4n) is 4.54. The summed E-state index contributed by atoms with van der Waals surface area (Å²) in [5, 5.41) is 19.8. The van der Waals surface area contributed by atoms with Crippen LogP contribution in [0.25, 0.3) is 5.52 Å². The minimum absolute atomic E-state index is 0.0618. The Morgan fingerprint density at radius 2 is 1.64 bits per heavy atom. The predicted molar refractivity (Wildman–Crippen MR) is 155 cm³/mol. The second kappa shape index (κ2) is 14.8. The number of nitriles is 1. The van der Waals surface area contributed by atoms with Crippen LogP contribution in [0.15, 0.2) is 24.4 Å². The fraction of sp³-hybridized carbons (Fsp3) is 0.556. The van der Waals surface area contributed by atoms with Crippen molar-refractivity contribution in [2.24, 2.45) is 0 Å². The van der Waals surface area contributed by atoms with Crippen molar-refractivity contribution < 1.29 is 52.0 Å². The molecule has 17 nitrogen and oxygen atoms in total. The van der Waals surface area contributed by atoms with E-state index in [1.807, 2.05) is 6.07 Å². The van der Waals surface area contributed by atoms with Crippen molar-refractivity contribution >= 4 is 42.8 Å². The number of anilines is 1. The molecule has 6 atom stereocenters. The van der Waals surface area contributed by atoms with Gasteiger partial charge in [0.2, 0.25) is 5.60 Å². The van der Waals surface area contributed by atoms with Crippen molar-refractivity contribution in [2.45, 2.75) is 76.5 Å². The van der Waals surface area contributed by atoms with Crippen LogP contribution in [0.5, 0.6) is 0 Å². The minimum Gasteiger partial charge on any atom is -0.468 e. The van der Waals surface area contributed by atoms with Crippen molar-refractivity contribution in [3.63, 3.8) is 0 Å². The molecule has 0 bridgehead atoms. The summed E-state index contributed by atoms with van der Waals surface area (Å²) < 4.78 is 48.2. The highest BCUT2D eigenvalue weighted by Crippen LogP contribution is 2.48. The van der Waals surface area contributed by atoms with Crippen LogP contribution in [0.3, 0.4) is 0 Å². The summed E-state index contributed by atoms with van der Waals surface area (Å²) in [6.45, 7) is 4.85. The van der Waals surface area contributed by atoms with Gasteiger partial charge in [0.1, 0.15) is 30.9 Å². The molecule has 4 N–H and O–H groups in total. The van der Waals surface area contributed by atoms with Crippen molar-refractivity contribution in [3.05, 3.63) is 30.1 Å². The Hall–Kier alpha value is -4.07. The van der Waals surface area contributed by atoms with Crippen molar-refractivity contribution in [1.29, 1.82) is 5.26 Å². The molecule has 1 saturated heterocycles. The molecule has 1 aliphatic heterocycles. The Labute approximate surface area is 259 Å². The largest absolute Gasteiger partial charge is 0.468 e. The van der Waals surface area contributed by atoms with E-state index in [0.717, 1.165) is 14.2 Å². The number of ether oxygens (including phenoxy) is 5. The number of nitrogens with one attached hydrogen (secondary N) is 2. The summed E-state index contributed by atoms with van der Waals surface area (Å²) in [5.74, 6) is -3.08. The molecule has 18 heteroatoms. The van der Waals surface area contributed by atoms with Gasteiger partial charge >= 0.3 is 31.5 Å². The number of nitrogens with two attached hydrogens (primary N) is 1. The number of esters is 4. The quantitative estimate of drug-likeness (QED) is 0.148. The molecule has 45 heavy (non-hydrogen) atoms. The number of carbonyl (C=O) groups excluding carboxylic acids is 4. The molecular weight excluding hydrogens is 615 g/mol. The van der Waals surface area contributed by atoms with Crippen LogP contribution in [0.2, 0.25) is 0 Å². The molecule has 0 radical (unpaired) electrons. The van der Waals surface area contributed by atoms with E-state index in [9.17, 15) is 29.0 Å². The van der Waals surface area contributed by atoms with Gasteiger partial charge in [-0.25, -0.2) is 14.7 Å². The second-order valence-electron chi connectivity index (χ2n) is 10.0. The summed E-state index contributed by atoms with van der Waals surface area (Å²) in [4.78, 5) is 49.6. The first-order valence-corrected chi connectivity index (χ1v) is 15.6. The van der Waals surface area contributed by atoms with Crippen molar-refractivity contribution in [2.75, 3.05) is 26.6 Å². The third-order valence-electron chi connectivity index (χ3n) is 6.89. The molecule has 246 valence electrons. The van der Waals surface area contributed by atoms with Crippen LogP contribution in [0, 0.1) is 11.3 Å². The van der Waals surface area contributed by atoms with Gasteiger partial charge in [-0.3, -0.25) is 23.7 Å². The van der Waals surface area contributed by atoms with E-state index in [4.69, 9.17) is 24.5 Å².